The molecule has 0 amide bonds. The van der Waals surface area contributed by atoms with E-state index in [1.807, 2.05) is 0 Å². The van der Waals surface area contributed by atoms with Gasteiger partial charge in [-0.3, -0.25) is 9.78 Å². The number of hydrogen-bond acceptors (Lipinski definition) is 2. The topological polar surface area (TPSA) is 30.0 Å². The van der Waals surface area contributed by atoms with Crippen molar-refractivity contribution >= 4 is 5.78 Å². The van der Waals surface area contributed by atoms with Crippen LogP contribution in [-0.2, 0) is 12.8 Å². The molecule has 4 rings (SSSR count). The van der Waals surface area contributed by atoms with Crippen molar-refractivity contribution < 1.29 is 4.79 Å². The van der Waals surface area contributed by atoms with Gasteiger partial charge in [0.2, 0.25) is 0 Å². The molecule has 0 N–H and O–H groups in total. The lowest BCUT2D eigenvalue weighted by Gasteiger charge is -2.33. The van der Waals surface area contributed by atoms with Crippen molar-refractivity contribution in [2.24, 2.45) is 11.3 Å². The number of aromatic nitrogens is 1. The van der Waals surface area contributed by atoms with Gasteiger partial charge in [0.05, 0.1) is 5.69 Å². The van der Waals surface area contributed by atoms with Gasteiger partial charge in [0.15, 0.2) is 5.78 Å². The number of pyridine rings is 1. The van der Waals surface area contributed by atoms with Crippen molar-refractivity contribution in [3.05, 3.63) is 29.1 Å². The van der Waals surface area contributed by atoms with Crippen LogP contribution in [0.4, 0.5) is 0 Å². The summed E-state index contributed by atoms with van der Waals surface area (Å²) in [5, 5.41) is 0. The molecule has 0 atom stereocenters. The van der Waals surface area contributed by atoms with Crippen molar-refractivity contribution in [1.82, 2.24) is 4.98 Å². The van der Waals surface area contributed by atoms with Crippen LogP contribution >= 0.6 is 0 Å². The highest BCUT2D eigenvalue weighted by molar-refractivity contribution is 5.98. The van der Waals surface area contributed by atoms with E-state index >= 15 is 0 Å². The predicted molar refractivity (Wildman–Crippen MR) is 88.1 cm³/mol. The summed E-state index contributed by atoms with van der Waals surface area (Å²) in [5.74, 6) is 1.17. The van der Waals surface area contributed by atoms with Crippen molar-refractivity contribution in [2.45, 2.75) is 77.0 Å². The second-order valence-electron chi connectivity index (χ2n) is 7.99. The molecule has 118 valence electrons. The van der Waals surface area contributed by atoms with Crippen LogP contribution < -0.4 is 0 Å². The van der Waals surface area contributed by atoms with E-state index in [2.05, 4.69) is 12.1 Å². The number of ketones is 1. The molecular formula is C20H27NO. The molecule has 0 bridgehead atoms. The largest absolute Gasteiger partial charge is 0.294 e. The highest BCUT2D eigenvalue weighted by Gasteiger charge is 2.41. The molecular weight excluding hydrogens is 270 g/mol. The first-order valence-corrected chi connectivity index (χ1v) is 9.26. The van der Waals surface area contributed by atoms with E-state index in [1.54, 1.807) is 0 Å². The molecule has 0 radical (unpaired) electrons. The quantitative estimate of drug-likeness (QED) is 0.777. The number of Topliss-reactive ketones (excluding diaryl/α,β-unsaturated/α-hetero) is 1. The van der Waals surface area contributed by atoms with Crippen LogP contribution in [0.2, 0.25) is 0 Å². The zero-order valence-electron chi connectivity index (χ0n) is 13.6. The highest BCUT2D eigenvalue weighted by atomic mass is 16.1. The van der Waals surface area contributed by atoms with Crippen LogP contribution in [0, 0.1) is 11.3 Å². The first-order valence-electron chi connectivity index (χ1n) is 9.26. The molecule has 0 saturated heterocycles. The molecule has 3 aliphatic carbocycles. The van der Waals surface area contributed by atoms with Crippen molar-refractivity contribution in [3.63, 3.8) is 0 Å². The second kappa shape index (κ2) is 5.79. The zero-order chi connectivity index (χ0) is 15.0. The summed E-state index contributed by atoms with van der Waals surface area (Å²) in [6, 6.07) is 4.20. The lowest BCUT2D eigenvalue weighted by atomic mass is 9.71. The molecule has 2 saturated carbocycles. The number of carbonyl (C=O) groups is 1. The molecule has 0 aliphatic heterocycles. The number of carbonyl (C=O) groups excluding carboxylic acids is 1. The Morgan fingerprint density at radius 3 is 2.55 bits per heavy atom. The Morgan fingerprint density at radius 1 is 1.00 bits per heavy atom. The number of rotatable bonds is 2. The highest BCUT2D eigenvalue weighted by Crippen LogP contribution is 2.47. The van der Waals surface area contributed by atoms with Crippen LogP contribution in [0.25, 0.3) is 0 Å². The van der Waals surface area contributed by atoms with Crippen LogP contribution in [0.15, 0.2) is 12.1 Å². The maximum Gasteiger partial charge on any atom is 0.165 e. The summed E-state index contributed by atoms with van der Waals surface area (Å²) >= 11 is 0. The molecule has 1 spiro atoms. The zero-order valence-corrected chi connectivity index (χ0v) is 13.6. The Hall–Kier alpha value is -1.18. The van der Waals surface area contributed by atoms with Crippen molar-refractivity contribution in [2.75, 3.05) is 0 Å². The summed E-state index contributed by atoms with van der Waals surface area (Å²) in [6.45, 7) is 0. The Morgan fingerprint density at radius 2 is 1.77 bits per heavy atom. The number of nitrogens with zero attached hydrogens (tertiary/aromatic N) is 1. The number of fused-ring (bicyclic) bond motifs is 1. The molecule has 2 fully saturated rings. The first-order chi connectivity index (χ1) is 10.7. The third kappa shape index (κ3) is 2.73. The third-order valence-corrected chi connectivity index (χ3v) is 6.30. The summed E-state index contributed by atoms with van der Waals surface area (Å²) in [5.41, 5.74) is 3.53. The summed E-state index contributed by atoms with van der Waals surface area (Å²) in [6.07, 6.45) is 14.9. The third-order valence-electron chi connectivity index (χ3n) is 6.30. The molecule has 22 heavy (non-hydrogen) atoms. The van der Waals surface area contributed by atoms with Gasteiger partial charge in [0, 0.05) is 17.7 Å². The van der Waals surface area contributed by atoms with Gasteiger partial charge in [-0.1, -0.05) is 44.9 Å². The fourth-order valence-electron chi connectivity index (χ4n) is 5.07. The van der Waals surface area contributed by atoms with E-state index in [-0.39, 0.29) is 5.41 Å². The molecule has 1 aromatic rings. The van der Waals surface area contributed by atoms with Crippen molar-refractivity contribution in [1.29, 1.82) is 0 Å². The van der Waals surface area contributed by atoms with Crippen LogP contribution in [-0.4, -0.2) is 10.8 Å². The predicted octanol–water partition coefficient (Wildman–Crippen LogP) is 4.89. The van der Waals surface area contributed by atoms with Gasteiger partial charge >= 0.3 is 0 Å². The minimum absolute atomic E-state index is 0.264. The summed E-state index contributed by atoms with van der Waals surface area (Å²) in [4.78, 5) is 17.5. The standard InChI is InChI=1S/C20H27NO/c22-19-14-20(10-4-5-11-20)13-18-17(19)9-8-16(21-18)12-15-6-2-1-3-7-15/h8-9,15H,1-7,10-14H2. The average molecular weight is 297 g/mol. The normalized spacial score (nSPS) is 24.6. The smallest absolute Gasteiger partial charge is 0.165 e. The van der Waals surface area contributed by atoms with Crippen LogP contribution in [0.1, 0.15) is 86.0 Å². The van der Waals surface area contributed by atoms with E-state index in [0.29, 0.717) is 5.78 Å². The SMILES string of the molecule is O=C1CC2(CCCC2)Cc2nc(CC3CCCCC3)ccc21. The van der Waals surface area contributed by atoms with Gasteiger partial charge in [0.25, 0.3) is 0 Å². The maximum absolute atomic E-state index is 12.5. The van der Waals surface area contributed by atoms with Gasteiger partial charge in [0.1, 0.15) is 0 Å². The minimum Gasteiger partial charge on any atom is -0.294 e. The Labute approximate surface area is 133 Å². The summed E-state index contributed by atoms with van der Waals surface area (Å²) in [7, 11) is 0. The van der Waals surface area contributed by atoms with E-state index in [1.165, 1.54) is 63.5 Å². The number of hydrogen-bond donors (Lipinski definition) is 0. The molecule has 0 unspecified atom stereocenters. The van der Waals surface area contributed by atoms with Gasteiger partial charge in [-0.05, 0) is 49.1 Å². The monoisotopic (exact) mass is 297 g/mol. The lowest BCUT2D eigenvalue weighted by Crippen LogP contribution is -2.31. The summed E-state index contributed by atoms with van der Waals surface area (Å²) < 4.78 is 0. The van der Waals surface area contributed by atoms with Crippen LogP contribution in [0.3, 0.4) is 0 Å². The van der Waals surface area contributed by atoms with E-state index in [4.69, 9.17) is 4.98 Å². The first kappa shape index (κ1) is 14.4. The average Bonchev–Trinajstić information content (AvgIpc) is 2.95. The molecule has 1 aromatic heterocycles. The second-order valence-corrected chi connectivity index (χ2v) is 7.99. The minimum atomic E-state index is 0.264. The Balaban J connectivity index is 1.56. The van der Waals surface area contributed by atoms with E-state index < -0.39 is 0 Å². The van der Waals surface area contributed by atoms with Crippen LogP contribution in [0.5, 0.6) is 0 Å². The molecule has 0 aromatic carbocycles. The van der Waals surface area contributed by atoms with Gasteiger partial charge in [-0.15, -0.1) is 0 Å². The maximum atomic E-state index is 12.5. The van der Waals surface area contributed by atoms with Gasteiger partial charge < -0.3 is 0 Å². The van der Waals surface area contributed by atoms with E-state index in [9.17, 15) is 4.79 Å². The molecule has 1 heterocycles. The fraction of sp³-hybridized carbons (Fsp3) is 0.700. The van der Waals surface area contributed by atoms with Crippen molar-refractivity contribution in [3.8, 4) is 0 Å². The Bertz CT molecular complexity index is 565. The van der Waals surface area contributed by atoms with Gasteiger partial charge in [-0.25, -0.2) is 0 Å². The molecule has 2 nitrogen and oxygen atoms in total. The fourth-order valence-corrected chi connectivity index (χ4v) is 5.07. The lowest BCUT2D eigenvalue weighted by molar-refractivity contribution is 0.0885. The molecule has 2 heteroatoms. The molecule has 3 aliphatic rings. The van der Waals surface area contributed by atoms with Gasteiger partial charge in [-0.2, -0.15) is 0 Å². The van der Waals surface area contributed by atoms with E-state index in [0.717, 1.165) is 36.4 Å². The Kier molecular flexibility index (Phi) is 3.79.